The summed E-state index contributed by atoms with van der Waals surface area (Å²) >= 11 is 0. The Morgan fingerprint density at radius 3 is 2.75 bits per heavy atom. The molecule has 2 rings (SSSR count). The van der Waals surface area contributed by atoms with E-state index in [0.717, 1.165) is 31.1 Å². The molecule has 1 N–H and O–H groups in total. The molecule has 0 saturated carbocycles. The average molecular weight is 278 g/mol. The van der Waals surface area contributed by atoms with Gasteiger partial charge in [0, 0.05) is 32.8 Å². The van der Waals surface area contributed by atoms with Crippen LogP contribution < -0.4 is 10.2 Å². The van der Waals surface area contributed by atoms with Gasteiger partial charge < -0.3 is 15.0 Å². The average Bonchev–Trinajstić information content (AvgIpc) is 2.46. The van der Waals surface area contributed by atoms with Gasteiger partial charge >= 0.3 is 0 Å². The van der Waals surface area contributed by atoms with Crippen molar-refractivity contribution in [2.75, 3.05) is 37.5 Å². The highest BCUT2D eigenvalue weighted by Gasteiger charge is 2.29. The van der Waals surface area contributed by atoms with E-state index in [1.807, 2.05) is 7.05 Å². The van der Waals surface area contributed by atoms with Crippen molar-refractivity contribution in [1.82, 2.24) is 9.97 Å². The van der Waals surface area contributed by atoms with Crippen molar-refractivity contribution in [3.05, 3.63) is 11.9 Å². The second kappa shape index (κ2) is 6.39. The molecule has 1 aromatic rings. The highest BCUT2D eigenvalue weighted by molar-refractivity contribution is 5.60. The summed E-state index contributed by atoms with van der Waals surface area (Å²) in [5.74, 6) is 2.96. The van der Waals surface area contributed by atoms with E-state index in [2.05, 4.69) is 41.0 Å². The van der Waals surface area contributed by atoms with Crippen molar-refractivity contribution >= 4 is 11.6 Å². The fourth-order valence-electron chi connectivity index (χ4n) is 2.90. The summed E-state index contributed by atoms with van der Waals surface area (Å²) in [6.07, 6.45) is 3.05. The molecule has 0 amide bonds. The van der Waals surface area contributed by atoms with Crippen LogP contribution in [-0.4, -0.2) is 43.3 Å². The predicted octanol–water partition coefficient (Wildman–Crippen LogP) is 2.50. The van der Waals surface area contributed by atoms with Crippen LogP contribution in [0.3, 0.4) is 0 Å². The minimum Gasteiger partial charge on any atom is -0.379 e. The van der Waals surface area contributed by atoms with Gasteiger partial charge in [0.15, 0.2) is 0 Å². The molecule has 0 aromatic carbocycles. The Labute approximate surface area is 121 Å². The second-order valence-electron chi connectivity index (χ2n) is 5.85. The third-order valence-electron chi connectivity index (χ3n) is 4.17. The lowest BCUT2D eigenvalue weighted by Crippen LogP contribution is -2.44. The Morgan fingerprint density at radius 2 is 2.15 bits per heavy atom. The Kier molecular flexibility index (Phi) is 4.81. The molecule has 2 atom stereocenters. The molecular formula is C15H26N4O. The molecular weight excluding hydrogens is 252 g/mol. The van der Waals surface area contributed by atoms with Gasteiger partial charge in [0.05, 0.1) is 6.10 Å². The summed E-state index contributed by atoms with van der Waals surface area (Å²) in [7, 11) is 3.71. The number of ether oxygens (including phenoxy) is 1. The molecule has 0 aliphatic carbocycles. The highest BCUT2D eigenvalue weighted by atomic mass is 16.5. The van der Waals surface area contributed by atoms with E-state index in [4.69, 9.17) is 4.74 Å². The van der Waals surface area contributed by atoms with Crippen LogP contribution >= 0.6 is 0 Å². The van der Waals surface area contributed by atoms with Gasteiger partial charge in [-0.3, -0.25) is 0 Å². The lowest BCUT2D eigenvalue weighted by atomic mass is 9.94. The van der Waals surface area contributed by atoms with Crippen molar-refractivity contribution < 1.29 is 4.74 Å². The van der Waals surface area contributed by atoms with Crippen molar-refractivity contribution in [3.8, 4) is 0 Å². The molecule has 112 valence electrons. The number of nitrogens with one attached hydrogen (secondary N) is 1. The van der Waals surface area contributed by atoms with Gasteiger partial charge in [0.2, 0.25) is 0 Å². The second-order valence-corrected chi connectivity index (χ2v) is 5.85. The lowest BCUT2D eigenvalue weighted by Gasteiger charge is -2.38. The van der Waals surface area contributed by atoms with Gasteiger partial charge in [-0.25, -0.2) is 9.97 Å². The number of piperidine rings is 1. The lowest BCUT2D eigenvalue weighted by molar-refractivity contribution is 0.0496. The van der Waals surface area contributed by atoms with Gasteiger partial charge in [-0.1, -0.05) is 20.8 Å². The Balaban J connectivity index is 2.32. The molecule has 2 unspecified atom stereocenters. The predicted molar refractivity (Wildman–Crippen MR) is 82.5 cm³/mol. The highest BCUT2D eigenvalue weighted by Crippen LogP contribution is 2.33. The maximum atomic E-state index is 5.61. The smallest absolute Gasteiger partial charge is 0.137 e. The zero-order valence-corrected chi connectivity index (χ0v) is 13.2. The first kappa shape index (κ1) is 15.0. The van der Waals surface area contributed by atoms with Crippen molar-refractivity contribution in [1.29, 1.82) is 0 Å². The molecule has 0 radical (unpaired) electrons. The SMILES string of the molecule is CNc1ncnc(N2CCC(C)C(OC)C2)c1C(C)C. The van der Waals surface area contributed by atoms with Crippen LogP contribution in [0, 0.1) is 5.92 Å². The van der Waals surface area contributed by atoms with Crippen molar-refractivity contribution in [2.24, 2.45) is 5.92 Å². The first-order valence-corrected chi connectivity index (χ1v) is 7.38. The molecule has 0 bridgehead atoms. The molecule has 1 saturated heterocycles. The van der Waals surface area contributed by atoms with Gasteiger partial charge in [-0.15, -0.1) is 0 Å². The number of hydrogen-bond donors (Lipinski definition) is 1. The van der Waals surface area contributed by atoms with Crippen LogP contribution in [0.4, 0.5) is 11.6 Å². The standard InChI is InChI=1S/C15H26N4O/c1-10(2)13-14(16-4)17-9-18-15(13)19-7-6-11(3)12(8-19)20-5/h9-12H,6-8H2,1-5H3,(H,16,17,18). The number of rotatable bonds is 4. The quantitative estimate of drug-likeness (QED) is 0.917. The third-order valence-corrected chi connectivity index (χ3v) is 4.17. The van der Waals surface area contributed by atoms with Crippen LogP contribution in [0.15, 0.2) is 6.33 Å². The normalized spacial score (nSPS) is 23.2. The largest absolute Gasteiger partial charge is 0.379 e. The fourth-order valence-corrected chi connectivity index (χ4v) is 2.90. The van der Waals surface area contributed by atoms with E-state index in [1.165, 1.54) is 5.56 Å². The summed E-state index contributed by atoms with van der Waals surface area (Å²) in [6, 6.07) is 0. The van der Waals surface area contributed by atoms with Gasteiger partial charge in [-0.05, 0) is 18.3 Å². The minimum atomic E-state index is 0.275. The summed E-state index contributed by atoms with van der Waals surface area (Å²) in [6.45, 7) is 8.55. The Bertz CT molecular complexity index is 449. The topological polar surface area (TPSA) is 50.3 Å². The van der Waals surface area contributed by atoms with Gasteiger partial charge in [0.1, 0.15) is 18.0 Å². The third kappa shape index (κ3) is 2.87. The molecule has 5 heteroatoms. The number of aromatic nitrogens is 2. The molecule has 1 aliphatic rings. The van der Waals surface area contributed by atoms with Crippen LogP contribution in [0.25, 0.3) is 0 Å². The molecule has 1 aromatic heterocycles. The maximum absolute atomic E-state index is 5.61. The van der Waals surface area contributed by atoms with E-state index < -0.39 is 0 Å². The maximum Gasteiger partial charge on any atom is 0.137 e. The number of hydrogen-bond acceptors (Lipinski definition) is 5. The van der Waals surface area contributed by atoms with E-state index in [1.54, 1.807) is 13.4 Å². The number of methoxy groups -OCH3 is 1. The van der Waals surface area contributed by atoms with Gasteiger partial charge in [-0.2, -0.15) is 0 Å². The van der Waals surface area contributed by atoms with E-state index in [0.29, 0.717) is 11.8 Å². The van der Waals surface area contributed by atoms with Crippen LogP contribution in [-0.2, 0) is 4.74 Å². The number of nitrogens with zero attached hydrogens (tertiary/aromatic N) is 3. The molecule has 20 heavy (non-hydrogen) atoms. The first-order valence-electron chi connectivity index (χ1n) is 7.38. The van der Waals surface area contributed by atoms with E-state index in [-0.39, 0.29) is 6.10 Å². The minimum absolute atomic E-state index is 0.275. The summed E-state index contributed by atoms with van der Waals surface area (Å²) in [5, 5.41) is 3.18. The summed E-state index contributed by atoms with van der Waals surface area (Å²) in [4.78, 5) is 11.2. The molecule has 1 aliphatic heterocycles. The fraction of sp³-hybridized carbons (Fsp3) is 0.733. The Morgan fingerprint density at radius 1 is 1.40 bits per heavy atom. The zero-order chi connectivity index (χ0) is 14.7. The van der Waals surface area contributed by atoms with Crippen LogP contribution in [0.2, 0.25) is 0 Å². The zero-order valence-electron chi connectivity index (χ0n) is 13.2. The molecule has 5 nitrogen and oxygen atoms in total. The molecule has 2 heterocycles. The van der Waals surface area contributed by atoms with E-state index >= 15 is 0 Å². The van der Waals surface area contributed by atoms with Gasteiger partial charge in [0.25, 0.3) is 0 Å². The first-order chi connectivity index (χ1) is 9.58. The Hall–Kier alpha value is -1.36. The van der Waals surface area contributed by atoms with Crippen LogP contribution in [0.1, 0.15) is 38.7 Å². The number of anilines is 2. The van der Waals surface area contributed by atoms with Crippen LogP contribution in [0.5, 0.6) is 0 Å². The van der Waals surface area contributed by atoms with Crippen molar-refractivity contribution in [2.45, 2.75) is 39.2 Å². The summed E-state index contributed by atoms with van der Waals surface area (Å²) < 4.78 is 5.61. The summed E-state index contributed by atoms with van der Waals surface area (Å²) in [5.41, 5.74) is 1.19. The molecule has 0 spiro atoms. The monoisotopic (exact) mass is 278 g/mol. The van der Waals surface area contributed by atoms with Crippen molar-refractivity contribution in [3.63, 3.8) is 0 Å². The molecule has 1 fully saturated rings. The van der Waals surface area contributed by atoms with E-state index in [9.17, 15) is 0 Å².